The lowest BCUT2D eigenvalue weighted by Gasteiger charge is -2.22. The number of benzene rings is 6. The molecule has 0 aliphatic rings. The fraction of sp³-hybridized carbons (Fsp3) is 0.160. The molecule has 0 spiro atoms. The molecule has 6 aromatic carbocycles. The third-order valence-corrected chi connectivity index (χ3v) is 10.1. The van der Waals surface area contributed by atoms with E-state index in [0.29, 0.717) is 17.0 Å². The standard InChI is InChI=1S/C50H45N3O/c1-32(2)44-31-40(23-24-41(44)35-13-8-7-9-14-35)53-46-17-12-16-42(48(46)52-49(53)43-15-10-11-18-47(43)54)37-27-38(29-39(28-37)50(4,5)6)45-30-36(25-26-51-45)34-21-19-33(3)20-22-34/h7-32,54H,1-6H3/i3D3,32D. The van der Waals surface area contributed by atoms with Gasteiger partial charge < -0.3 is 5.11 Å². The number of hydrogen-bond donors (Lipinski definition) is 1. The average Bonchev–Trinajstić information content (AvgIpc) is 3.60. The third kappa shape index (κ3) is 6.60. The number of hydrogen-bond acceptors (Lipinski definition) is 3. The highest BCUT2D eigenvalue weighted by atomic mass is 16.3. The first-order valence-corrected chi connectivity index (χ1v) is 18.3. The topological polar surface area (TPSA) is 50.9 Å². The summed E-state index contributed by atoms with van der Waals surface area (Å²) in [6.07, 6.45) is 1.79. The van der Waals surface area contributed by atoms with Crippen LogP contribution in [-0.2, 0) is 5.41 Å². The van der Waals surface area contributed by atoms with E-state index in [1.54, 1.807) is 30.5 Å². The number of aryl methyl sites for hydroxylation is 1. The number of aromatic nitrogens is 3. The number of imidazole rings is 1. The Labute approximate surface area is 324 Å². The van der Waals surface area contributed by atoms with Crippen LogP contribution in [0.2, 0.25) is 0 Å². The molecule has 4 nitrogen and oxygen atoms in total. The number of phenols is 1. The summed E-state index contributed by atoms with van der Waals surface area (Å²) in [5, 5.41) is 11.3. The van der Waals surface area contributed by atoms with Crippen molar-refractivity contribution < 1.29 is 10.6 Å². The van der Waals surface area contributed by atoms with Crippen LogP contribution in [0.4, 0.5) is 0 Å². The number of phenolic OH excluding ortho intramolecular Hbond substituents is 1. The number of rotatable bonds is 7. The normalized spacial score (nSPS) is 13.3. The Bertz CT molecular complexity index is 2790. The Morgan fingerprint density at radius 1 is 0.648 bits per heavy atom. The molecule has 54 heavy (non-hydrogen) atoms. The van der Waals surface area contributed by atoms with Gasteiger partial charge in [0.1, 0.15) is 11.6 Å². The van der Waals surface area contributed by atoms with Gasteiger partial charge >= 0.3 is 0 Å². The molecule has 0 radical (unpaired) electrons. The lowest BCUT2D eigenvalue weighted by Crippen LogP contribution is -2.11. The van der Waals surface area contributed by atoms with E-state index in [1.165, 1.54) is 0 Å². The van der Waals surface area contributed by atoms with Crippen molar-refractivity contribution in [3.63, 3.8) is 0 Å². The SMILES string of the molecule is [2H]C([2H])([2H])c1ccc(-c2ccnc(-c3cc(-c4cccc5c4nc(-c4ccccc4O)n5-c4ccc(-c5ccccc5)c(C([2H])(C)C)c4)cc(C(C)(C)C)c3)c2)cc1. The highest BCUT2D eigenvalue weighted by Crippen LogP contribution is 2.41. The van der Waals surface area contributed by atoms with Gasteiger partial charge in [-0.05, 0) is 112 Å². The highest BCUT2D eigenvalue weighted by Gasteiger charge is 2.23. The zero-order valence-corrected chi connectivity index (χ0v) is 31.2. The minimum Gasteiger partial charge on any atom is -0.507 e. The zero-order valence-electron chi connectivity index (χ0n) is 35.2. The van der Waals surface area contributed by atoms with Crippen LogP contribution < -0.4 is 0 Å². The summed E-state index contributed by atoms with van der Waals surface area (Å²) < 4.78 is 34.7. The van der Waals surface area contributed by atoms with Gasteiger partial charge in [0.15, 0.2) is 0 Å². The Morgan fingerprint density at radius 2 is 1.39 bits per heavy atom. The van der Waals surface area contributed by atoms with E-state index in [4.69, 9.17) is 14.1 Å². The van der Waals surface area contributed by atoms with E-state index < -0.39 is 12.7 Å². The molecule has 2 aromatic heterocycles. The van der Waals surface area contributed by atoms with E-state index in [-0.39, 0.29) is 11.2 Å². The smallest absolute Gasteiger partial charge is 0.149 e. The monoisotopic (exact) mass is 707 g/mol. The summed E-state index contributed by atoms with van der Waals surface area (Å²) in [7, 11) is 0. The first kappa shape index (κ1) is 30.2. The molecular weight excluding hydrogens is 659 g/mol. The van der Waals surface area contributed by atoms with Crippen LogP contribution in [0, 0.1) is 6.85 Å². The Balaban J connectivity index is 1.33. The van der Waals surface area contributed by atoms with Gasteiger partial charge in [0, 0.05) is 28.5 Å². The zero-order chi connectivity index (χ0) is 41.0. The van der Waals surface area contributed by atoms with Crippen molar-refractivity contribution in [2.45, 2.75) is 52.8 Å². The van der Waals surface area contributed by atoms with Crippen molar-refractivity contribution >= 4 is 11.0 Å². The maximum Gasteiger partial charge on any atom is 0.149 e. The van der Waals surface area contributed by atoms with E-state index in [0.717, 1.165) is 72.5 Å². The van der Waals surface area contributed by atoms with Crippen molar-refractivity contribution in [1.82, 2.24) is 14.5 Å². The van der Waals surface area contributed by atoms with Crippen LogP contribution in [0.25, 0.3) is 72.7 Å². The highest BCUT2D eigenvalue weighted by molar-refractivity contribution is 5.97. The molecule has 0 amide bonds. The molecule has 0 saturated heterocycles. The summed E-state index contributed by atoms with van der Waals surface area (Å²) >= 11 is 0. The van der Waals surface area contributed by atoms with Crippen molar-refractivity contribution in [2.24, 2.45) is 0 Å². The van der Waals surface area contributed by atoms with Gasteiger partial charge in [0.25, 0.3) is 0 Å². The van der Waals surface area contributed by atoms with Crippen LogP contribution in [0.15, 0.2) is 152 Å². The maximum absolute atomic E-state index is 11.3. The molecule has 0 atom stereocenters. The Morgan fingerprint density at radius 3 is 2.13 bits per heavy atom. The van der Waals surface area contributed by atoms with Gasteiger partial charge in [-0.15, -0.1) is 0 Å². The quantitative estimate of drug-likeness (QED) is 0.179. The first-order chi connectivity index (χ1) is 27.6. The number of para-hydroxylation sites is 2. The molecule has 266 valence electrons. The molecule has 0 bridgehead atoms. The van der Waals surface area contributed by atoms with Crippen LogP contribution in [0.1, 0.15) is 62.7 Å². The lowest BCUT2D eigenvalue weighted by molar-refractivity contribution is 0.477. The van der Waals surface area contributed by atoms with Gasteiger partial charge in [0.2, 0.25) is 0 Å². The maximum atomic E-state index is 11.3. The fourth-order valence-electron chi connectivity index (χ4n) is 7.19. The minimum absolute atomic E-state index is 0.124. The second-order valence-corrected chi connectivity index (χ2v) is 15.1. The number of fused-ring (bicyclic) bond motifs is 1. The second-order valence-electron chi connectivity index (χ2n) is 15.1. The molecule has 8 rings (SSSR count). The number of nitrogens with zero attached hydrogens (tertiary/aromatic N) is 3. The molecule has 4 heteroatoms. The second kappa shape index (κ2) is 13.9. The molecule has 0 saturated carbocycles. The number of pyridine rings is 1. The molecule has 0 unspecified atom stereocenters. The Hall–Kier alpha value is -6.26. The summed E-state index contributed by atoms with van der Waals surface area (Å²) in [6.45, 7) is 8.24. The van der Waals surface area contributed by atoms with Crippen molar-refractivity contribution in [3.8, 4) is 67.5 Å². The molecular formula is C50H45N3O. The summed E-state index contributed by atoms with van der Waals surface area (Å²) in [5.74, 6) is -0.194. The van der Waals surface area contributed by atoms with Crippen LogP contribution in [-0.4, -0.2) is 19.6 Å². The van der Waals surface area contributed by atoms with Gasteiger partial charge in [0.05, 0.1) is 22.3 Å². The lowest BCUT2D eigenvalue weighted by atomic mass is 9.83. The van der Waals surface area contributed by atoms with Gasteiger partial charge in [-0.25, -0.2) is 4.98 Å². The molecule has 0 fully saturated rings. The predicted octanol–water partition coefficient (Wildman–Crippen LogP) is 13.2. The summed E-state index contributed by atoms with van der Waals surface area (Å²) in [5.41, 5.74) is 12.7. The van der Waals surface area contributed by atoms with E-state index in [2.05, 4.69) is 86.0 Å². The summed E-state index contributed by atoms with van der Waals surface area (Å²) in [4.78, 5) is 10.2. The number of aromatic hydroxyl groups is 1. The van der Waals surface area contributed by atoms with Gasteiger partial charge in [-0.2, -0.15) is 0 Å². The first-order valence-electron chi connectivity index (χ1n) is 20.3. The largest absolute Gasteiger partial charge is 0.507 e. The molecule has 2 heterocycles. The molecule has 8 aromatic rings. The van der Waals surface area contributed by atoms with Crippen LogP contribution in [0.5, 0.6) is 5.75 Å². The van der Waals surface area contributed by atoms with Gasteiger partial charge in [-0.1, -0.05) is 131 Å². The average molecular weight is 708 g/mol. The molecule has 1 N–H and O–H groups in total. The van der Waals surface area contributed by atoms with Crippen molar-refractivity contribution in [3.05, 3.63) is 168 Å². The van der Waals surface area contributed by atoms with E-state index in [9.17, 15) is 6.48 Å². The Kier molecular flexibility index (Phi) is 7.81. The van der Waals surface area contributed by atoms with Crippen molar-refractivity contribution in [1.29, 1.82) is 0 Å². The van der Waals surface area contributed by atoms with E-state index in [1.807, 2.05) is 74.5 Å². The van der Waals surface area contributed by atoms with E-state index >= 15 is 0 Å². The predicted molar refractivity (Wildman–Crippen MR) is 225 cm³/mol. The summed E-state index contributed by atoms with van der Waals surface area (Å²) in [6, 6.07) is 47.5. The minimum atomic E-state index is -2.17. The fourth-order valence-corrected chi connectivity index (χ4v) is 7.19. The van der Waals surface area contributed by atoms with Crippen LogP contribution in [0.3, 0.4) is 0 Å². The van der Waals surface area contributed by atoms with Crippen LogP contribution >= 0.6 is 0 Å². The molecule has 0 aliphatic heterocycles. The van der Waals surface area contributed by atoms with Crippen molar-refractivity contribution in [2.75, 3.05) is 0 Å². The van der Waals surface area contributed by atoms with Gasteiger partial charge in [-0.3, -0.25) is 9.55 Å². The molecule has 0 aliphatic carbocycles. The third-order valence-electron chi connectivity index (χ3n) is 10.1.